The lowest BCUT2D eigenvalue weighted by Gasteiger charge is -1.88. The van der Waals surface area contributed by atoms with Crippen LogP contribution in [0.25, 0.3) is 0 Å². The van der Waals surface area contributed by atoms with Crippen LogP contribution in [0.2, 0.25) is 0 Å². The number of unbranched alkanes of at least 4 members (excludes halogenated alkanes) is 2. The third kappa shape index (κ3) is 6.06. The van der Waals surface area contributed by atoms with Crippen molar-refractivity contribution in [3.63, 3.8) is 0 Å². The summed E-state index contributed by atoms with van der Waals surface area (Å²) in [7, 11) is -0.331. The molecule has 0 saturated heterocycles. The molecule has 0 heterocycles. The third-order valence-corrected chi connectivity index (χ3v) is 1.37. The number of rotatable bonds is 5. The first-order chi connectivity index (χ1) is 3.91. The Hall–Kier alpha value is 0.0600. The SMILES string of the molecule is CCCCCN[PH+]=O. The lowest BCUT2D eigenvalue weighted by atomic mass is 10.3. The number of hydrogen-bond donors (Lipinski definition) is 1. The quantitative estimate of drug-likeness (QED) is 0.458. The van der Waals surface area contributed by atoms with Gasteiger partial charge in [0.1, 0.15) is 0 Å². The number of nitrogens with one attached hydrogen (secondary N) is 1. The van der Waals surface area contributed by atoms with E-state index in [1.807, 2.05) is 0 Å². The lowest BCUT2D eigenvalue weighted by Crippen LogP contribution is -1.99. The highest BCUT2D eigenvalue weighted by atomic mass is 31.1. The van der Waals surface area contributed by atoms with Crippen LogP contribution in [0.4, 0.5) is 0 Å². The van der Waals surface area contributed by atoms with Gasteiger partial charge in [-0.1, -0.05) is 24.3 Å². The fraction of sp³-hybridized carbons (Fsp3) is 1.00. The van der Waals surface area contributed by atoms with Gasteiger partial charge in [-0.15, -0.1) is 5.09 Å². The minimum absolute atomic E-state index is 0.331. The van der Waals surface area contributed by atoms with Crippen LogP contribution in [0.1, 0.15) is 26.2 Å². The zero-order chi connectivity index (χ0) is 6.24. The van der Waals surface area contributed by atoms with E-state index in [1.165, 1.54) is 12.8 Å². The second kappa shape index (κ2) is 7.06. The van der Waals surface area contributed by atoms with E-state index in [2.05, 4.69) is 12.0 Å². The summed E-state index contributed by atoms with van der Waals surface area (Å²) in [5, 5.41) is 2.76. The molecule has 1 N–H and O–H groups in total. The standard InChI is InChI=1S/C5H12NOP/c1-2-3-4-5-6-8-7/h2-5H2,1H3,(H,6,7)/p+1. The summed E-state index contributed by atoms with van der Waals surface area (Å²) in [6, 6.07) is 0. The average molecular weight is 134 g/mol. The molecule has 0 bridgehead atoms. The van der Waals surface area contributed by atoms with Gasteiger partial charge in [-0.2, -0.15) is 0 Å². The van der Waals surface area contributed by atoms with Gasteiger partial charge in [0.15, 0.2) is 0 Å². The van der Waals surface area contributed by atoms with Crippen LogP contribution in [0.5, 0.6) is 0 Å². The van der Waals surface area contributed by atoms with Gasteiger partial charge < -0.3 is 0 Å². The van der Waals surface area contributed by atoms with Gasteiger partial charge in [-0.3, -0.25) is 0 Å². The fourth-order valence-electron chi connectivity index (χ4n) is 0.514. The van der Waals surface area contributed by atoms with E-state index in [1.54, 1.807) is 0 Å². The molecule has 0 aromatic carbocycles. The Morgan fingerprint density at radius 2 is 2.25 bits per heavy atom. The molecule has 0 aliphatic carbocycles. The van der Waals surface area contributed by atoms with Crippen LogP contribution >= 0.6 is 8.61 Å². The molecule has 0 aromatic rings. The lowest BCUT2D eigenvalue weighted by molar-refractivity contribution is 0.588. The summed E-state index contributed by atoms with van der Waals surface area (Å²) in [4.78, 5) is 0. The maximum atomic E-state index is 9.81. The molecule has 0 aromatic heterocycles. The first-order valence-corrected chi connectivity index (χ1v) is 3.92. The molecule has 0 aliphatic rings. The molecule has 0 saturated carbocycles. The second-order valence-corrected chi connectivity index (χ2v) is 2.29. The Balaban J connectivity index is 2.62. The van der Waals surface area contributed by atoms with Gasteiger partial charge in [0.05, 0.1) is 0 Å². The van der Waals surface area contributed by atoms with Gasteiger partial charge in [0.2, 0.25) is 0 Å². The summed E-state index contributed by atoms with van der Waals surface area (Å²) in [6.07, 6.45) is 3.60. The molecule has 3 heteroatoms. The molecule has 8 heavy (non-hydrogen) atoms. The largest absolute Gasteiger partial charge is 0.418 e. The summed E-state index contributed by atoms with van der Waals surface area (Å²) >= 11 is 0. The van der Waals surface area contributed by atoms with Crippen molar-refractivity contribution in [2.75, 3.05) is 6.54 Å². The van der Waals surface area contributed by atoms with Crippen molar-refractivity contribution in [1.29, 1.82) is 0 Å². The van der Waals surface area contributed by atoms with Crippen molar-refractivity contribution in [1.82, 2.24) is 5.09 Å². The molecule has 2 nitrogen and oxygen atoms in total. The van der Waals surface area contributed by atoms with Gasteiger partial charge in [-0.05, 0) is 6.42 Å². The highest BCUT2D eigenvalue weighted by Crippen LogP contribution is 1.92. The first kappa shape index (κ1) is 8.06. The van der Waals surface area contributed by atoms with Crippen molar-refractivity contribution >= 4 is 8.61 Å². The van der Waals surface area contributed by atoms with Crippen LogP contribution in [0.15, 0.2) is 0 Å². The molecule has 0 radical (unpaired) electrons. The van der Waals surface area contributed by atoms with E-state index >= 15 is 0 Å². The Morgan fingerprint density at radius 3 is 2.75 bits per heavy atom. The van der Waals surface area contributed by atoms with Gasteiger partial charge >= 0.3 is 8.61 Å². The van der Waals surface area contributed by atoms with Crippen LogP contribution in [-0.4, -0.2) is 6.54 Å². The maximum Gasteiger partial charge on any atom is 0.418 e. The van der Waals surface area contributed by atoms with E-state index in [-0.39, 0.29) is 8.61 Å². The topological polar surface area (TPSA) is 29.1 Å². The monoisotopic (exact) mass is 134 g/mol. The highest BCUT2D eigenvalue weighted by molar-refractivity contribution is 7.21. The fourth-order valence-corrected chi connectivity index (χ4v) is 0.793. The predicted octanol–water partition coefficient (Wildman–Crippen LogP) is 1.71. The molecule has 1 unspecified atom stereocenters. The Morgan fingerprint density at radius 1 is 1.50 bits per heavy atom. The van der Waals surface area contributed by atoms with E-state index in [9.17, 15) is 4.57 Å². The second-order valence-electron chi connectivity index (χ2n) is 1.74. The van der Waals surface area contributed by atoms with Crippen molar-refractivity contribution in [2.45, 2.75) is 26.2 Å². The summed E-state index contributed by atoms with van der Waals surface area (Å²) in [5.74, 6) is 0. The summed E-state index contributed by atoms with van der Waals surface area (Å²) in [6.45, 7) is 3.05. The Bertz CT molecular complexity index is 58.4. The number of hydrogen-bond acceptors (Lipinski definition) is 1. The van der Waals surface area contributed by atoms with Crippen molar-refractivity contribution < 1.29 is 4.57 Å². The van der Waals surface area contributed by atoms with Crippen molar-refractivity contribution in [3.8, 4) is 0 Å². The molecular weight excluding hydrogens is 121 g/mol. The Labute approximate surface area is 51.9 Å². The highest BCUT2D eigenvalue weighted by Gasteiger charge is 1.87. The average Bonchev–Trinajstić information content (AvgIpc) is 1.81. The molecule has 0 fully saturated rings. The van der Waals surface area contributed by atoms with Crippen LogP contribution in [0, 0.1) is 0 Å². The molecule has 48 valence electrons. The van der Waals surface area contributed by atoms with Gasteiger partial charge in [-0.25, -0.2) is 0 Å². The minimum Gasteiger partial charge on any atom is -0.111 e. The predicted molar refractivity (Wildman–Crippen MR) is 36.5 cm³/mol. The molecule has 0 amide bonds. The minimum atomic E-state index is -0.331. The van der Waals surface area contributed by atoms with Crippen molar-refractivity contribution in [3.05, 3.63) is 0 Å². The van der Waals surface area contributed by atoms with E-state index in [0.717, 1.165) is 13.0 Å². The van der Waals surface area contributed by atoms with Crippen LogP contribution in [-0.2, 0) is 4.57 Å². The molecule has 1 atom stereocenters. The van der Waals surface area contributed by atoms with Crippen LogP contribution in [0.3, 0.4) is 0 Å². The van der Waals surface area contributed by atoms with Crippen molar-refractivity contribution in [2.24, 2.45) is 0 Å². The first-order valence-electron chi connectivity index (χ1n) is 3.01. The van der Waals surface area contributed by atoms with Gasteiger partial charge in [0, 0.05) is 6.54 Å². The molecular formula is C5H13NOP+. The zero-order valence-corrected chi connectivity index (χ0v) is 6.24. The smallest absolute Gasteiger partial charge is 0.111 e. The summed E-state index contributed by atoms with van der Waals surface area (Å²) in [5.41, 5.74) is 0. The Kier molecular flexibility index (Phi) is 7.11. The van der Waals surface area contributed by atoms with E-state index < -0.39 is 0 Å². The normalized spacial score (nSPS) is 10.1. The summed E-state index contributed by atoms with van der Waals surface area (Å²) < 4.78 is 9.81. The van der Waals surface area contributed by atoms with E-state index in [4.69, 9.17) is 0 Å². The van der Waals surface area contributed by atoms with Gasteiger partial charge in [0.25, 0.3) is 0 Å². The third-order valence-electron chi connectivity index (χ3n) is 0.977. The maximum absolute atomic E-state index is 9.81. The van der Waals surface area contributed by atoms with E-state index in [0.29, 0.717) is 0 Å². The molecule has 0 spiro atoms. The molecule has 0 aliphatic heterocycles. The molecule has 0 rings (SSSR count). The zero-order valence-electron chi connectivity index (χ0n) is 5.24. The van der Waals surface area contributed by atoms with Crippen LogP contribution < -0.4 is 5.09 Å².